The Morgan fingerprint density at radius 1 is 1.25 bits per heavy atom. The van der Waals surface area contributed by atoms with Crippen molar-refractivity contribution >= 4 is 11.6 Å². The molecule has 0 saturated heterocycles. The molecule has 8 nitrogen and oxygen atoms in total. The normalized spacial score (nSPS) is 14.8. The van der Waals surface area contributed by atoms with Crippen LogP contribution in [0.3, 0.4) is 0 Å². The number of allylic oxidation sites excluding steroid dienone is 1. The molecule has 1 atom stereocenters. The molecule has 0 bridgehead atoms. The monoisotopic (exact) mass is 429 g/mol. The number of anilines is 1. The second kappa shape index (κ2) is 8.86. The smallest absolute Gasteiger partial charge is 0.244 e. The van der Waals surface area contributed by atoms with E-state index in [1.807, 2.05) is 36.4 Å². The number of nitrogens with one attached hydrogen (secondary N) is 2. The summed E-state index contributed by atoms with van der Waals surface area (Å²) in [6.07, 6.45) is 0.931. The fourth-order valence-electron chi connectivity index (χ4n) is 3.70. The van der Waals surface area contributed by atoms with Gasteiger partial charge in [0.2, 0.25) is 17.7 Å². The van der Waals surface area contributed by atoms with Gasteiger partial charge in [0, 0.05) is 18.2 Å². The number of amides is 1. The van der Waals surface area contributed by atoms with Gasteiger partial charge in [-0.05, 0) is 48.4 Å². The number of aromatic nitrogens is 2. The molecule has 1 aliphatic rings. The number of hydrogen-bond acceptors (Lipinski definition) is 6. The highest BCUT2D eigenvalue weighted by atomic mass is 16.5. The van der Waals surface area contributed by atoms with Crippen LogP contribution in [-0.4, -0.2) is 22.7 Å². The Morgan fingerprint density at radius 2 is 1.97 bits per heavy atom. The van der Waals surface area contributed by atoms with Gasteiger partial charge in [0.05, 0.1) is 23.8 Å². The van der Waals surface area contributed by atoms with Gasteiger partial charge in [-0.1, -0.05) is 19.1 Å². The van der Waals surface area contributed by atoms with Crippen LogP contribution in [0.25, 0.3) is 11.3 Å². The fraction of sp³-hybridized carbons (Fsp3) is 0.208. The molecule has 1 aromatic heterocycles. The Bertz CT molecular complexity index is 1200. The van der Waals surface area contributed by atoms with Crippen LogP contribution >= 0.6 is 0 Å². The Balaban J connectivity index is 1.76. The molecule has 0 radical (unpaired) electrons. The number of nitriles is 1. The van der Waals surface area contributed by atoms with Crippen LogP contribution in [0.15, 0.2) is 60.0 Å². The first-order chi connectivity index (χ1) is 15.5. The molecular formula is C24H23N5O3. The quantitative estimate of drug-likeness (QED) is 0.543. The summed E-state index contributed by atoms with van der Waals surface area (Å²) in [5.41, 5.74) is 10.2. The summed E-state index contributed by atoms with van der Waals surface area (Å²) >= 11 is 0. The average molecular weight is 429 g/mol. The van der Waals surface area contributed by atoms with Crippen molar-refractivity contribution in [1.29, 1.82) is 5.26 Å². The lowest BCUT2D eigenvalue weighted by molar-refractivity contribution is -0.114. The van der Waals surface area contributed by atoms with Crippen molar-refractivity contribution in [3.8, 4) is 29.0 Å². The van der Waals surface area contributed by atoms with Crippen LogP contribution in [-0.2, 0) is 4.79 Å². The molecule has 32 heavy (non-hydrogen) atoms. The highest BCUT2D eigenvalue weighted by molar-refractivity contribution is 5.88. The molecule has 4 rings (SSSR count). The molecule has 8 heteroatoms. The number of carbonyl (C=O) groups excluding carboxylic acids is 1. The minimum Gasteiger partial charge on any atom is -0.494 e. The first kappa shape index (κ1) is 21.0. The molecule has 4 N–H and O–H groups in total. The molecule has 1 amide bonds. The summed E-state index contributed by atoms with van der Waals surface area (Å²) in [5, 5.41) is 19.9. The molecule has 2 aromatic carbocycles. The molecule has 162 valence electrons. The van der Waals surface area contributed by atoms with Crippen LogP contribution in [0, 0.1) is 11.3 Å². The van der Waals surface area contributed by atoms with Crippen molar-refractivity contribution in [2.75, 3.05) is 11.9 Å². The van der Waals surface area contributed by atoms with Crippen molar-refractivity contribution < 1.29 is 14.3 Å². The van der Waals surface area contributed by atoms with Gasteiger partial charge >= 0.3 is 0 Å². The molecule has 1 aliphatic heterocycles. The standard InChI is InChI=1S/C24H23N5O3/c1-3-12-31-18-10-6-16(7-11-18)22-21-20(15-4-8-17(9-5-15)27-14(2)30)19(13-25)23(26)32-24(21)29-28-22/h4-11,20H,3,12,26H2,1-2H3,(H,27,30)(H,28,29). The predicted octanol–water partition coefficient (Wildman–Crippen LogP) is 4.04. The number of fused-ring (bicyclic) bond motifs is 1. The highest BCUT2D eigenvalue weighted by Crippen LogP contribution is 2.45. The second-order valence-electron chi connectivity index (χ2n) is 7.42. The van der Waals surface area contributed by atoms with Crippen LogP contribution in [0.4, 0.5) is 5.69 Å². The second-order valence-corrected chi connectivity index (χ2v) is 7.42. The summed E-state index contributed by atoms with van der Waals surface area (Å²) in [6.45, 7) is 4.16. The zero-order valence-corrected chi connectivity index (χ0v) is 17.8. The number of rotatable bonds is 6. The van der Waals surface area contributed by atoms with E-state index in [0.29, 0.717) is 23.7 Å². The lowest BCUT2D eigenvalue weighted by Crippen LogP contribution is -2.21. The number of nitrogens with zero attached hydrogens (tertiary/aromatic N) is 2. The molecule has 1 unspecified atom stereocenters. The summed E-state index contributed by atoms with van der Waals surface area (Å²) in [7, 11) is 0. The number of benzene rings is 2. The maximum atomic E-state index is 11.3. The average Bonchev–Trinajstić information content (AvgIpc) is 3.20. The first-order valence-electron chi connectivity index (χ1n) is 10.3. The van der Waals surface area contributed by atoms with E-state index in [4.69, 9.17) is 15.2 Å². The van der Waals surface area contributed by atoms with Gasteiger partial charge in [-0.2, -0.15) is 5.26 Å². The van der Waals surface area contributed by atoms with E-state index >= 15 is 0 Å². The van der Waals surface area contributed by atoms with Crippen LogP contribution in [0.1, 0.15) is 37.3 Å². The fourth-order valence-corrected chi connectivity index (χ4v) is 3.70. The van der Waals surface area contributed by atoms with E-state index in [1.165, 1.54) is 6.92 Å². The molecule has 3 aromatic rings. The Morgan fingerprint density at radius 3 is 2.59 bits per heavy atom. The first-order valence-corrected chi connectivity index (χ1v) is 10.3. The predicted molar refractivity (Wildman–Crippen MR) is 120 cm³/mol. The number of nitrogens with two attached hydrogens (primary N) is 1. The van der Waals surface area contributed by atoms with E-state index in [-0.39, 0.29) is 11.8 Å². The minimum absolute atomic E-state index is 0.0253. The van der Waals surface area contributed by atoms with Gasteiger partial charge in [0.25, 0.3) is 0 Å². The van der Waals surface area contributed by atoms with Crippen molar-refractivity contribution in [2.45, 2.75) is 26.2 Å². The van der Waals surface area contributed by atoms with Gasteiger partial charge in [0.15, 0.2) is 0 Å². The summed E-state index contributed by atoms with van der Waals surface area (Å²) in [6, 6.07) is 17.1. The maximum Gasteiger partial charge on any atom is 0.244 e. The zero-order chi connectivity index (χ0) is 22.7. The van der Waals surface area contributed by atoms with Crippen LogP contribution in [0.5, 0.6) is 11.6 Å². The molecule has 0 spiro atoms. The van der Waals surface area contributed by atoms with Crippen molar-refractivity contribution in [2.24, 2.45) is 5.73 Å². The molecule has 0 aliphatic carbocycles. The number of carbonyl (C=O) groups is 1. The van der Waals surface area contributed by atoms with E-state index in [2.05, 4.69) is 28.5 Å². The Labute approximate surface area is 185 Å². The highest BCUT2D eigenvalue weighted by Gasteiger charge is 2.35. The van der Waals surface area contributed by atoms with E-state index in [1.54, 1.807) is 12.1 Å². The number of aromatic amines is 1. The molecule has 0 saturated carbocycles. The Hall–Kier alpha value is -4.25. The van der Waals surface area contributed by atoms with Gasteiger partial charge in [0.1, 0.15) is 17.4 Å². The zero-order valence-electron chi connectivity index (χ0n) is 17.8. The number of ether oxygens (including phenoxy) is 2. The van der Waals surface area contributed by atoms with Gasteiger partial charge in [-0.3, -0.25) is 9.89 Å². The number of H-pyrrole nitrogens is 1. The summed E-state index contributed by atoms with van der Waals surface area (Å²) in [5.74, 6) is 0.514. The van der Waals surface area contributed by atoms with Crippen molar-refractivity contribution in [3.05, 3.63) is 71.1 Å². The SMILES string of the molecule is CCCOc1ccc(-c2[nH]nc3c2C(c2ccc(NC(C)=O)cc2)C(C#N)=C(N)O3)cc1. The number of hydrogen-bond donors (Lipinski definition) is 3. The van der Waals surface area contributed by atoms with E-state index in [0.717, 1.165) is 34.6 Å². The topological polar surface area (TPSA) is 126 Å². The maximum absolute atomic E-state index is 11.3. The molecule has 2 heterocycles. The van der Waals surface area contributed by atoms with E-state index < -0.39 is 5.92 Å². The molecule has 0 fully saturated rings. The third-order valence-corrected chi connectivity index (χ3v) is 5.12. The third kappa shape index (κ3) is 4.01. The van der Waals surface area contributed by atoms with Crippen LogP contribution in [0.2, 0.25) is 0 Å². The minimum atomic E-state index is -0.472. The lowest BCUT2D eigenvalue weighted by atomic mass is 9.83. The van der Waals surface area contributed by atoms with Gasteiger partial charge in [-0.25, -0.2) is 0 Å². The largest absolute Gasteiger partial charge is 0.494 e. The third-order valence-electron chi connectivity index (χ3n) is 5.12. The van der Waals surface area contributed by atoms with Crippen molar-refractivity contribution in [3.63, 3.8) is 0 Å². The Kier molecular flexibility index (Phi) is 5.81. The summed E-state index contributed by atoms with van der Waals surface area (Å²) < 4.78 is 11.3. The van der Waals surface area contributed by atoms with Gasteiger partial charge < -0.3 is 20.5 Å². The van der Waals surface area contributed by atoms with Gasteiger partial charge in [-0.15, -0.1) is 5.10 Å². The summed E-state index contributed by atoms with van der Waals surface area (Å²) in [4.78, 5) is 11.3. The van der Waals surface area contributed by atoms with E-state index in [9.17, 15) is 10.1 Å². The van der Waals surface area contributed by atoms with Crippen molar-refractivity contribution in [1.82, 2.24) is 10.2 Å². The van der Waals surface area contributed by atoms with Crippen LogP contribution < -0.4 is 20.5 Å². The molecular weight excluding hydrogens is 406 g/mol. The lowest BCUT2D eigenvalue weighted by Gasteiger charge is -2.24.